The number of carbonyl (C=O) groups excluding carboxylic acids is 1. The van der Waals surface area contributed by atoms with Crippen LogP contribution in [0.5, 0.6) is 0 Å². The van der Waals surface area contributed by atoms with E-state index in [1.807, 2.05) is 13.8 Å². The molecular weight excluding hydrogens is 214 g/mol. The lowest BCUT2D eigenvalue weighted by Crippen LogP contribution is -2.30. The lowest BCUT2D eigenvalue weighted by molar-refractivity contribution is 0.0942. The van der Waals surface area contributed by atoms with E-state index < -0.39 is 0 Å². The van der Waals surface area contributed by atoms with E-state index in [4.69, 9.17) is 0 Å². The quantitative estimate of drug-likeness (QED) is 0.844. The first kappa shape index (κ1) is 12.1. The Morgan fingerprint density at radius 3 is 2.65 bits per heavy atom. The van der Waals surface area contributed by atoms with Crippen LogP contribution in [-0.4, -0.2) is 22.6 Å². The normalized spacial score (nSPS) is 17.1. The molecule has 0 saturated heterocycles. The van der Waals surface area contributed by atoms with Crippen LogP contribution in [0.1, 0.15) is 53.8 Å². The number of nitrogens with one attached hydrogen (secondary N) is 2. The van der Waals surface area contributed by atoms with Gasteiger partial charge < -0.3 is 5.32 Å². The molecule has 2 N–H and O–H groups in total. The summed E-state index contributed by atoms with van der Waals surface area (Å²) in [4.78, 5) is 12.0. The van der Waals surface area contributed by atoms with Crippen molar-refractivity contribution in [1.29, 1.82) is 0 Å². The van der Waals surface area contributed by atoms with Crippen LogP contribution in [0, 0.1) is 19.8 Å². The fourth-order valence-corrected chi connectivity index (χ4v) is 2.60. The third-order valence-corrected chi connectivity index (χ3v) is 3.63. The van der Waals surface area contributed by atoms with Crippen molar-refractivity contribution in [3.8, 4) is 0 Å². The average molecular weight is 235 g/mol. The first-order chi connectivity index (χ1) is 8.18. The maximum atomic E-state index is 12.0. The van der Waals surface area contributed by atoms with Gasteiger partial charge in [0.2, 0.25) is 0 Å². The van der Waals surface area contributed by atoms with Crippen molar-refractivity contribution in [2.75, 3.05) is 6.54 Å². The highest BCUT2D eigenvalue weighted by Crippen LogP contribution is 2.22. The van der Waals surface area contributed by atoms with E-state index in [1.54, 1.807) is 0 Å². The van der Waals surface area contributed by atoms with E-state index in [-0.39, 0.29) is 5.91 Å². The predicted molar refractivity (Wildman–Crippen MR) is 67.0 cm³/mol. The molecule has 0 atom stereocenters. The second kappa shape index (κ2) is 5.34. The highest BCUT2D eigenvalue weighted by molar-refractivity contribution is 5.96. The third kappa shape index (κ3) is 2.87. The molecule has 17 heavy (non-hydrogen) atoms. The van der Waals surface area contributed by atoms with E-state index in [1.165, 1.54) is 32.1 Å². The van der Waals surface area contributed by atoms with Gasteiger partial charge in [-0.25, -0.2) is 0 Å². The number of aromatic amines is 1. The molecule has 1 aliphatic carbocycles. The monoisotopic (exact) mass is 235 g/mol. The van der Waals surface area contributed by atoms with Crippen molar-refractivity contribution in [2.24, 2.45) is 5.92 Å². The largest absolute Gasteiger partial charge is 0.352 e. The van der Waals surface area contributed by atoms with E-state index in [0.29, 0.717) is 11.5 Å². The standard InChI is InChI=1S/C13H21N3O/c1-9-12(10(2)16-15-9)13(17)14-8-11-6-4-3-5-7-11/h11H,3-8H2,1-2H3,(H,14,17)(H,15,16). The summed E-state index contributed by atoms with van der Waals surface area (Å²) in [5, 5.41) is 9.93. The maximum absolute atomic E-state index is 12.0. The fraction of sp³-hybridized carbons (Fsp3) is 0.692. The molecule has 0 bridgehead atoms. The Morgan fingerprint density at radius 2 is 2.06 bits per heavy atom. The molecule has 2 rings (SSSR count). The van der Waals surface area contributed by atoms with Crippen molar-refractivity contribution >= 4 is 5.91 Å². The number of carbonyl (C=O) groups is 1. The van der Waals surface area contributed by atoms with Crippen LogP contribution >= 0.6 is 0 Å². The van der Waals surface area contributed by atoms with Crippen LogP contribution in [0.2, 0.25) is 0 Å². The molecule has 4 heteroatoms. The number of aromatic nitrogens is 2. The number of aryl methyl sites for hydroxylation is 2. The average Bonchev–Trinajstić information content (AvgIpc) is 2.67. The molecule has 0 spiro atoms. The molecule has 1 saturated carbocycles. The number of H-pyrrole nitrogens is 1. The molecule has 1 aliphatic rings. The Kier molecular flexibility index (Phi) is 3.82. The fourth-order valence-electron chi connectivity index (χ4n) is 2.60. The molecule has 1 aromatic heterocycles. The molecule has 1 heterocycles. The van der Waals surface area contributed by atoms with Crippen molar-refractivity contribution in [3.63, 3.8) is 0 Å². The van der Waals surface area contributed by atoms with Gasteiger partial charge in [0.1, 0.15) is 0 Å². The minimum Gasteiger partial charge on any atom is -0.352 e. The molecule has 0 aromatic carbocycles. The van der Waals surface area contributed by atoms with E-state index in [2.05, 4.69) is 15.5 Å². The van der Waals surface area contributed by atoms with Crippen LogP contribution in [0.15, 0.2) is 0 Å². The Bertz CT molecular complexity index is 372. The Morgan fingerprint density at radius 1 is 1.35 bits per heavy atom. The summed E-state index contributed by atoms with van der Waals surface area (Å²) in [6, 6.07) is 0. The van der Waals surface area contributed by atoms with Gasteiger partial charge in [-0.1, -0.05) is 19.3 Å². The number of hydrogen-bond acceptors (Lipinski definition) is 2. The van der Waals surface area contributed by atoms with Crippen molar-refractivity contribution < 1.29 is 4.79 Å². The zero-order valence-corrected chi connectivity index (χ0v) is 10.7. The SMILES string of the molecule is Cc1n[nH]c(C)c1C(=O)NCC1CCCCC1. The first-order valence-electron chi connectivity index (χ1n) is 6.48. The van der Waals surface area contributed by atoms with Gasteiger partial charge in [-0.3, -0.25) is 9.89 Å². The Balaban J connectivity index is 1.89. The zero-order chi connectivity index (χ0) is 12.3. The van der Waals surface area contributed by atoms with Gasteiger partial charge in [0.15, 0.2) is 0 Å². The number of amides is 1. The van der Waals surface area contributed by atoms with Crippen molar-refractivity contribution in [3.05, 3.63) is 17.0 Å². The Labute approximate surface area is 102 Å². The third-order valence-electron chi connectivity index (χ3n) is 3.63. The summed E-state index contributed by atoms with van der Waals surface area (Å²) < 4.78 is 0. The molecule has 1 aromatic rings. The van der Waals surface area contributed by atoms with Gasteiger partial charge in [0, 0.05) is 12.2 Å². The molecule has 94 valence electrons. The minimum atomic E-state index is 0.0133. The molecule has 0 aliphatic heterocycles. The number of hydrogen-bond donors (Lipinski definition) is 2. The molecular formula is C13H21N3O. The highest BCUT2D eigenvalue weighted by atomic mass is 16.1. The minimum absolute atomic E-state index is 0.0133. The summed E-state index contributed by atoms with van der Waals surface area (Å²) in [5.74, 6) is 0.680. The molecule has 1 fully saturated rings. The summed E-state index contributed by atoms with van der Waals surface area (Å²) >= 11 is 0. The molecule has 1 amide bonds. The van der Waals surface area contributed by atoms with Gasteiger partial charge in [-0.2, -0.15) is 5.10 Å². The van der Waals surface area contributed by atoms with Crippen LogP contribution in [0.3, 0.4) is 0 Å². The van der Waals surface area contributed by atoms with E-state index in [0.717, 1.165) is 17.9 Å². The maximum Gasteiger partial charge on any atom is 0.255 e. The smallest absolute Gasteiger partial charge is 0.255 e. The summed E-state index contributed by atoms with van der Waals surface area (Å²) in [6.45, 7) is 4.55. The summed E-state index contributed by atoms with van der Waals surface area (Å²) in [6.07, 6.45) is 6.48. The van der Waals surface area contributed by atoms with Gasteiger partial charge in [0.05, 0.1) is 11.3 Å². The predicted octanol–water partition coefficient (Wildman–Crippen LogP) is 2.34. The second-order valence-electron chi connectivity index (χ2n) is 5.02. The summed E-state index contributed by atoms with van der Waals surface area (Å²) in [7, 11) is 0. The Hall–Kier alpha value is -1.32. The van der Waals surface area contributed by atoms with Crippen molar-refractivity contribution in [1.82, 2.24) is 15.5 Å². The highest BCUT2D eigenvalue weighted by Gasteiger charge is 2.18. The van der Waals surface area contributed by atoms with E-state index >= 15 is 0 Å². The summed E-state index contributed by atoms with van der Waals surface area (Å²) in [5.41, 5.74) is 2.34. The lowest BCUT2D eigenvalue weighted by Gasteiger charge is -2.21. The van der Waals surface area contributed by atoms with Crippen LogP contribution in [-0.2, 0) is 0 Å². The molecule has 4 nitrogen and oxygen atoms in total. The van der Waals surface area contributed by atoms with Crippen LogP contribution in [0.4, 0.5) is 0 Å². The lowest BCUT2D eigenvalue weighted by atomic mass is 9.89. The molecule has 0 radical (unpaired) electrons. The topological polar surface area (TPSA) is 57.8 Å². The number of rotatable bonds is 3. The van der Waals surface area contributed by atoms with Gasteiger partial charge >= 0.3 is 0 Å². The van der Waals surface area contributed by atoms with Gasteiger partial charge in [-0.05, 0) is 32.6 Å². The van der Waals surface area contributed by atoms with Crippen LogP contribution < -0.4 is 5.32 Å². The molecule has 0 unspecified atom stereocenters. The van der Waals surface area contributed by atoms with Gasteiger partial charge in [0.25, 0.3) is 5.91 Å². The zero-order valence-electron chi connectivity index (χ0n) is 10.7. The number of nitrogens with zero attached hydrogens (tertiary/aromatic N) is 1. The van der Waals surface area contributed by atoms with Gasteiger partial charge in [-0.15, -0.1) is 0 Å². The van der Waals surface area contributed by atoms with Crippen molar-refractivity contribution in [2.45, 2.75) is 46.0 Å². The van der Waals surface area contributed by atoms with E-state index in [9.17, 15) is 4.79 Å². The first-order valence-corrected chi connectivity index (χ1v) is 6.48. The van der Waals surface area contributed by atoms with Crippen LogP contribution in [0.25, 0.3) is 0 Å². The second-order valence-corrected chi connectivity index (χ2v) is 5.02.